The van der Waals surface area contributed by atoms with Gasteiger partial charge in [-0.05, 0) is 55.7 Å². The van der Waals surface area contributed by atoms with Gasteiger partial charge in [0.25, 0.3) is 0 Å². The molecular formula is C34H93NOS. The molecule has 0 aromatic rings. The predicted octanol–water partition coefficient (Wildman–Crippen LogP) is 13.6. The second kappa shape index (κ2) is 70.7. The summed E-state index contributed by atoms with van der Waals surface area (Å²) in [4.78, 5) is 0. The highest BCUT2D eigenvalue weighted by Gasteiger charge is 2.13. The van der Waals surface area contributed by atoms with Gasteiger partial charge in [0.2, 0.25) is 0 Å². The second-order valence-corrected chi connectivity index (χ2v) is 11.1. The summed E-state index contributed by atoms with van der Waals surface area (Å²) in [6.45, 7) is 32.0. The minimum atomic E-state index is 0. The van der Waals surface area contributed by atoms with Crippen molar-refractivity contribution in [3.63, 3.8) is 0 Å². The molecule has 1 aliphatic rings. The van der Waals surface area contributed by atoms with E-state index >= 15 is 0 Å². The zero-order valence-electron chi connectivity index (χ0n) is 25.5. The van der Waals surface area contributed by atoms with Crippen LogP contribution in [-0.2, 0) is 4.74 Å². The van der Waals surface area contributed by atoms with Crippen LogP contribution in [0, 0.1) is 23.2 Å². The Morgan fingerprint density at radius 1 is 0.757 bits per heavy atom. The Morgan fingerprint density at radius 3 is 0.946 bits per heavy atom. The maximum absolute atomic E-state index is 4.54. The standard InChI is InChI=1S/C8H16.C5H12.C4H10.C3H9N.C3H8O.C3H8S.C2H6.6CH4/c1-7-3-5-8(2)6-4-7;1-5(2,3)4;1-4(2)3;3*1-3-4-2;1-2;;;;;;/h7-8H,3-6H2,1-2H3;1-4H3;4H,1-3H3;4H,3H2,1-2H3;2*3H2,1-2H3;1-2H3;6*1H4. The normalized spacial score (nSPS) is 13.8. The largest absolute Gasteiger partial charge is 0.385 e. The summed E-state index contributed by atoms with van der Waals surface area (Å²) < 4.78 is 4.54. The number of ether oxygens (including phenoxy) is 1. The first-order chi connectivity index (χ1) is 14.3. The van der Waals surface area contributed by atoms with Crippen molar-refractivity contribution in [1.82, 2.24) is 5.32 Å². The fraction of sp³-hybridized carbons (Fsp3) is 1.00. The zero-order chi connectivity index (χ0) is 26.3. The first-order valence-electron chi connectivity index (χ1n) is 12.9. The topological polar surface area (TPSA) is 21.3 Å². The van der Waals surface area contributed by atoms with Crippen molar-refractivity contribution in [3.8, 4) is 0 Å². The van der Waals surface area contributed by atoms with Gasteiger partial charge in [-0.1, -0.05) is 160 Å². The van der Waals surface area contributed by atoms with E-state index in [1.54, 1.807) is 7.11 Å². The molecule has 0 radical (unpaired) electrons. The minimum absolute atomic E-state index is 0. The van der Waals surface area contributed by atoms with Gasteiger partial charge >= 0.3 is 0 Å². The second-order valence-electron chi connectivity index (χ2n) is 9.96. The Bertz CT molecular complexity index is 198. The molecule has 1 fully saturated rings. The van der Waals surface area contributed by atoms with E-state index < -0.39 is 0 Å². The van der Waals surface area contributed by atoms with Crippen molar-refractivity contribution < 1.29 is 4.74 Å². The lowest BCUT2D eigenvalue weighted by Crippen LogP contribution is -2.08. The van der Waals surface area contributed by atoms with Gasteiger partial charge in [0.1, 0.15) is 0 Å². The van der Waals surface area contributed by atoms with Crippen LogP contribution < -0.4 is 5.32 Å². The molecule has 1 rings (SSSR count). The predicted molar refractivity (Wildman–Crippen MR) is 195 cm³/mol. The third-order valence-corrected chi connectivity index (χ3v) is 3.81. The quantitative estimate of drug-likeness (QED) is 0.369. The van der Waals surface area contributed by atoms with Crippen LogP contribution in [0.5, 0.6) is 0 Å². The SMILES string of the molecule is C.C.C.C.C.C.CC.CC(C)(C)C.CC(C)C.CC1CCC(C)CC1.CCNC.CCOC.CCSC. The van der Waals surface area contributed by atoms with E-state index in [0.29, 0.717) is 5.41 Å². The summed E-state index contributed by atoms with van der Waals surface area (Å²) in [6.07, 6.45) is 7.99. The smallest absolute Gasteiger partial charge is 0.0433 e. The summed E-state index contributed by atoms with van der Waals surface area (Å²) in [5.41, 5.74) is 0.500. The Labute approximate surface area is 251 Å². The summed E-state index contributed by atoms with van der Waals surface area (Å²) in [5.74, 6) is 4.11. The van der Waals surface area contributed by atoms with Crippen LogP contribution in [0.2, 0.25) is 0 Å². The van der Waals surface area contributed by atoms with Crippen LogP contribution in [0.4, 0.5) is 0 Å². The van der Waals surface area contributed by atoms with E-state index in [1.165, 1.54) is 31.4 Å². The maximum Gasteiger partial charge on any atom is 0.0433 e. The van der Waals surface area contributed by atoms with Crippen LogP contribution in [-0.4, -0.2) is 39.3 Å². The van der Waals surface area contributed by atoms with Crippen LogP contribution >= 0.6 is 11.8 Å². The van der Waals surface area contributed by atoms with Crippen molar-refractivity contribution in [2.24, 2.45) is 23.2 Å². The van der Waals surface area contributed by atoms with Crippen LogP contribution in [0.3, 0.4) is 0 Å². The fourth-order valence-corrected chi connectivity index (χ4v) is 1.43. The first kappa shape index (κ1) is 76.8. The van der Waals surface area contributed by atoms with Crippen LogP contribution in [0.1, 0.15) is 167 Å². The Morgan fingerprint density at radius 2 is 0.892 bits per heavy atom. The van der Waals surface area contributed by atoms with Crippen molar-refractivity contribution in [3.05, 3.63) is 0 Å². The Balaban J connectivity index is -0.0000000198. The van der Waals surface area contributed by atoms with Crippen molar-refractivity contribution in [2.45, 2.75) is 167 Å². The molecule has 246 valence electrons. The van der Waals surface area contributed by atoms with E-state index in [0.717, 1.165) is 30.9 Å². The molecule has 0 unspecified atom stereocenters. The molecule has 0 amide bonds. The van der Waals surface area contributed by atoms with Gasteiger partial charge in [-0.3, -0.25) is 0 Å². The van der Waals surface area contributed by atoms with E-state index in [4.69, 9.17) is 0 Å². The number of nitrogens with one attached hydrogen (secondary N) is 1. The van der Waals surface area contributed by atoms with Gasteiger partial charge in [0.05, 0.1) is 0 Å². The lowest BCUT2D eigenvalue weighted by molar-refractivity contribution is 0.215. The number of hydrogen-bond donors (Lipinski definition) is 1. The van der Waals surface area contributed by atoms with Crippen molar-refractivity contribution >= 4 is 11.8 Å². The molecule has 0 aromatic heterocycles. The number of hydrogen-bond acceptors (Lipinski definition) is 3. The van der Waals surface area contributed by atoms with E-state index in [9.17, 15) is 0 Å². The molecule has 2 nitrogen and oxygen atoms in total. The number of thioether (sulfide) groups is 1. The average Bonchev–Trinajstić information content (AvgIpc) is 2.70. The zero-order valence-corrected chi connectivity index (χ0v) is 26.3. The molecule has 3 heteroatoms. The van der Waals surface area contributed by atoms with E-state index in [2.05, 4.69) is 92.5 Å². The molecule has 37 heavy (non-hydrogen) atoms. The average molecular weight is 564 g/mol. The summed E-state index contributed by atoms with van der Waals surface area (Å²) in [5, 5.41) is 2.93. The Hall–Kier alpha value is 0.270. The third kappa shape index (κ3) is 242. The molecule has 1 aliphatic carbocycles. The van der Waals surface area contributed by atoms with Gasteiger partial charge in [-0.25, -0.2) is 0 Å². The number of rotatable bonds is 3. The molecule has 0 bridgehead atoms. The summed E-state index contributed by atoms with van der Waals surface area (Å²) >= 11 is 1.86. The van der Waals surface area contributed by atoms with Crippen LogP contribution in [0.15, 0.2) is 0 Å². The molecule has 1 N–H and O–H groups in total. The lowest BCUT2D eigenvalue weighted by atomic mass is 9.84. The molecule has 0 spiro atoms. The third-order valence-electron chi connectivity index (χ3n) is 3.24. The van der Waals surface area contributed by atoms with Gasteiger partial charge in [0.15, 0.2) is 0 Å². The van der Waals surface area contributed by atoms with Crippen molar-refractivity contribution in [1.29, 1.82) is 0 Å². The summed E-state index contributed by atoms with van der Waals surface area (Å²) in [7, 11) is 3.61. The maximum atomic E-state index is 4.54. The van der Waals surface area contributed by atoms with E-state index in [-0.39, 0.29) is 44.6 Å². The fourth-order valence-electron chi connectivity index (χ4n) is 1.43. The lowest BCUT2D eigenvalue weighted by Gasteiger charge is -2.22. The van der Waals surface area contributed by atoms with Gasteiger partial charge in [0, 0.05) is 13.7 Å². The molecule has 0 aromatic carbocycles. The highest BCUT2D eigenvalue weighted by molar-refractivity contribution is 7.98. The van der Waals surface area contributed by atoms with Gasteiger partial charge in [-0.2, -0.15) is 11.8 Å². The first-order valence-corrected chi connectivity index (χ1v) is 14.3. The molecule has 0 aliphatic heterocycles. The van der Waals surface area contributed by atoms with Crippen molar-refractivity contribution in [2.75, 3.05) is 39.3 Å². The Kier molecular flexibility index (Phi) is 147. The van der Waals surface area contributed by atoms with Crippen LogP contribution in [0.25, 0.3) is 0 Å². The molecular weight excluding hydrogens is 470 g/mol. The minimum Gasteiger partial charge on any atom is -0.385 e. The monoisotopic (exact) mass is 564 g/mol. The molecule has 1 saturated carbocycles. The summed E-state index contributed by atoms with van der Waals surface area (Å²) in [6, 6.07) is 0. The molecule has 0 heterocycles. The number of methoxy groups -OCH3 is 1. The highest BCUT2D eigenvalue weighted by atomic mass is 32.2. The molecule has 0 atom stereocenters. The van der Waals surface area contributed by atoms with Gasteiger partial charge < -0.3 is 10.1 Å². The highest BCUT2D eigenvalue weighted by Crippen LogP contribution is 2.27. The van der Waals surface area contributed by atoms with E-state index in [1.807, 2.05) is 39.6 Å². The molecule has 0 saturated heterocycles. The van der Waals surface area contributed by atoms with Gasteiger partial charge in [-0.15, -0.1) is 0 Å².